The topological polar surface area (TPSA) is 58.6 Å². The van der Waals surface area contributed by atoms with Gasteiger partial charge in [0, 0.05) is 13.1 Å². The second-order valence-electron chi connectivity index (χ2n) is 5.22. The highest BCUT2D eigenvalue weighted by molar-refractivity contribution is 5.85. The van der Waals surface area contributed by atoms with E-state index in [-0.39, 0.29) is 24.1 Å². The van der Waals surface area contributed by atoms with Gasteiger partial charge in [0.15, 0.2) is 0 Å². The molecule has 1 atom stereocenters. The molecule has 1 N–H and O–H groups in total. The fourth-order valence-electron chi connectivity index (χ4n) is 2.67. The first-order chi connectivity index (χ1) is 9.17. The fourth-order valence-corrected chi connectivity index (χ4v) is 2.67. The van der Waals surface area contributed by atoms with Crippen molar-refractivity contribution in [2.24, 2.45) is 0 Å². The molecule has 0 aliphatic carbocycles. The van der Waals surface area contributed by atoms with Crippen molar-refractivity contribution in [1.82, 2.24) is 10.2 Å². The van der Waals surface area contributed by atoms with Crippen LogP contribution in [-0.4, -0.2) is 35.5 Å². The Labute approximate surface area is 111 Å². The molecule has 2 amide bonds. The van der Waals surface area contributed by atoms with Gasteiger partial charge in [-0.3, -0.25) is 4.79 Å². The first-order valence-corrected chi connectivity index (χ1v) is 6.44. The second kappa shape index (κ2) is 4.57. The summed E-state index contributed by atoms with van der Waals surface area (Å²) in [5, 5.41) is 2.89. The average molecular weight is 260 g/mol. The maximum Gasteiger partial charge on any atom is 0.410 e. The zero-order chi connectivity index (χ0) is 13.3. The number of likely N-dealkylation sites (tertiary alicyclic amines) is 1. The molecule has 1 spiro atoms. The van der Waals surface area contributed by atoms with Crippen LogP contribution < -0.4 is 5.32 Å². The van der Waals surface area contributed by atoms with Crippen molar-refractivity contribution in [3.05, 3.63) is 35.9 Å². The zero-order valence-electron chi connectivity index (χ0n) is 10.6. The van der Waals surface area contributed by atoms with Crippen molar-refractivity contribution < 1.29 is 14.3 Å². The highest BCUT2D eigenvalue weighted by Gasteiger charge is 2.49. The Morgan fingerprint density at radius 3 is 2.79 bits per heavy atom. The van der Waals surface area contributed by atoms with Gasteiger partial charge in [-0.05, 0) is 12.0 Å². The quantitative estimate of drug-likeness (QED) is 0.815. The fraction of sp³-hybridized carbons (Fsp3) is 0.429. The molecule has 0 bridgehead atoms. The Kier molecular flexibility index (Phi) is 2.89. The summed E-state index contributed by atoms with van der Waals surface area (Å²) in [6, 6.07) is 9.60. The number of amides is 2. The van der Waals surface area contributed by atoms with Crippen molar-refractivity contribution in [2.75, 3.05) is 13.1 Å². The van der Waals surface area contributed by atoms with E-state index in [0.717, 1.165) is 12.0 Å². The van der Waals surface area contributed by atoms with E-state index in [0.29, 0.717) is 19.5 Å². The molecule has 2 heterocycles. The highest BCUT2D eigenvalue weighted by Crippen LogP contribution is 2.31. The van der Waals surface area contributed by atoms with Gasteiger partial charge in [-0.15, -0.1) is 0 Å². The van der Waals surface area contributed by atoms with Gasteiger partial charge in [-0.25, -0.2) is 4.79 Å². The van der Waals surface area contributed by atoms with Gasteiger partial charge < -0.3 is 15.0 Å². The van der Waals surface area contributed by atoms with Crippen LogP contribution in [0.2, 0.25) is 0 Å². The van der Waals surface area contributed by atoms with E-state index in [1.165, 1.54) is 0 Å². The van der Waals surface area contributed by atoms with Gasteiger partial charge in [0.05, 0.1) is 12.0 Å². The summed E-state index contributed by atoms with van der Waals surface area (Å²) in [7, 11) is 0. The molecule has 2 aliphatic rings. The molecule has 1 aromatic carbocycles. The van der Waals surface area contributed by atoms with Crippen LogP contribution in [0.1, 0.15) is 18.4 Å². The van der Waals surface area contributed by atoms with E-state index >= 15 is 0 Å². The molecule has 1 aromatic rings. The van der Waals surface area contributed by atoms with Crippen LogP contribution in [0.25, 0.3) is 0 Å². The minimum Gasteiger partial charge on any atom is -0.445 e. The molecule has 0 aromatic heterocycles. The third-order valence-electron chi connectivity index (χ3n) is 3.72. The predicted octanol–water partition coefficient (Wildman–Crippen LogP) is 1.29. The van der Waals surface area contributed by atoms with Gasteiger partial charge in [-0.2, -0.15) is 0 Å². The molecular weight excluding hydrogens is 244 g/mol. The van der Waals surface area contributed by atoms with E-state index in [2.05, 4.69) is 5.32 Å². The number of benzene rings is 1. The largest absolute Gasteiger partial charge is 0.445 e. The number of carbonyl (C=O) groups excluding carboxylic acids is 2. The molecule has 0 saturated carbocycles. The molecule has 100 valence electrons. The first-order valence-electron chi connectivity index (χ1n) is 6.44. The number of nitrogens with one attached hydrogen (secondary N) is 1. The lowest BCUT2D eigenvalue weighted by Crippen LogP contribution is -2.62. The molecule has 2 fully saturated rings. The van der Waals surface area contributed by atoms with E-state index in [1.807, 2.05) is 30.3 Å². The van der Waals surface area contributed by atoms with Crippen LogP contribution in [0.3, 0.4) is 0 Å². The van der Waals surface area contributed by atoms with Gasteiger partial charge >= 0.3 is 6.09 Å². The summed E-state index contributed by atoms with van der Waals surface area (Å²) in [6.07, 6.45) is 1.04. The number of rotatable bonds is 2. The summed E-state index contributed by atoms with van der Waals surface area (Å²) < 4.78 is 5.28. The van der Waals surface area contributed by atoms with Crippen molar-refractivity contribution in [3.63, 3.8) is 0 Å². The summed E-state index contributed by atoms with van der Waals surface area (Å²) >= 11 is 0. The molecule has 0 unspecified atom stereocenters. The predicted molar refractivity (Wildman–Crippen MR) is 68.3 cm³/mol. The standard InChI is InChI=1S/C14H16N2O3/c17-12-8-14(15-12)6-7-16(10-14)13(18)19-9-11-4-2-1-3-5-11/h1-5H,6-10H2,(H,15,17)/t14-/m0/s1. The lowest BCUT2D eigenvalue weighted by atomic mass is 9.86. The van der Waals surface area contributed by atoms with Crippen molar-refractivity contribution in [1.29, 1.82) is 0 Å². The Morgan fingerprint density at radius 1 is 1.37 bits per heavy atom. The van der Waals surface area contributed by atoms with E-state index in [4.69, 9.17) is 4.74 Å². The Morgan fingerprint density at radius 2 is 2.11 bits per heavy atom. The SMILES string of the molecule is O=C1C[C@]2(CCN(C(=O)OCc3ccccc3)C2)N1. The van der Waals surface area contributed by atoms with Crippen LogP contribution in [0.4, 0.5) is 4.79 Å². The highest BCUT2D eigenvalue weighted by atomic mass is 16.6. The zero-order valence-corrected chi connectivity index (χ0v) is 10.6. The van der Waals surface area contributed by atoms with Gasteiger partial charge in [0.25, 0.3) is 0 Å². The average Bonchev–Trinajstić information content (AvgIpc) is 2.82. The van der Waals surface area contributed by atoms with E-state index in [1.54, 1.807) is 4.90 Å². The van der Waals surface area contributed by atoms with E-state index < -0.39 is 0 Å². The van der Waals surface area contributed by atoms with Crippen LogP contribution in [0.5, 0.6) is 0 Å². The molecule has 3 rings (SSSR count). The first kappa shape index (κ1) is 12.0. The van der Waals surface area contributed by atoms with Crippen LogP contribution in [0.15, 0.2) is 30.3 Å². The summed E-state index contributed by atoms with van der Waals surface area (Å²) in [6.45, 7) is 1.50. The van der Waals surface area contributed by atoms with Gasteiger partial charge in [0.2, 0.25) is 5.91 Å². The van der Waals surface area contributed by atoms with Gasteiger partial charge in [0.1, 0.15) is 6.61 Å². The van der Waals surface area contributed by atoms with Crippen molar-refractivity contribution >= 4 is 12.0 Å². The Balaban J connectivity index is 1.50. The molecule has 0 radical (unpaired) electrons. The monoisotopic (exact) mass is 260 g/mol. The maximum absolute atomic E-state index is 11.9. The van der Waals surface area contributed by atoms with Crippen LogP contribution in [-0.2, 0) is 16.1 Å². The summed E-state index contributed by atoms with van der Waals surface area (Å²) in [4.78, 5) is 24.6. The summed E-state index contributed by atoms with van der Waals surface area (Å²) in [5.41, 5.74) is 0.796. The van der Waals surface area contributed by atoms with Crippen LogP contribution >= 0.6 is 0 Å². The minimum absolute atomic E-state index is 0.0690. The second-order valence-corrected chi connectivity index (χ2v) is 5.22. The third kappa shape index (κ3) is 2.41. The van der Waals surface area contributed by atoms with Crippen LogP contribution in [0, 0.1) is 0 Å². The smallest absolute Gasteiger partial charge is 0.410 e. The third-order valence-corrected chi connectivity index (χ3v) is 3.72. The molecule has 5 heteroatoms. The lowest BCUT2D eigenvalue weighted by Gasteiger charge is -2.38. The molecule has 19 heavy (non-hydrogen) atoms. The molecule has 2 saturated heterocycles. The Bertz CT molecular complexity index is 493. The maximum atomic E-state index is 11.9. The molecule has 2 aliphatic heterocycles. The summed E-state index contributed by atoms with van der Waals surface area (Å²) in [5.74, 6) is 0.0690. The van der Waals surface area contributed by atoms with Crippen molar-refractivity contribution in [3.8, 4) is 0 Å². The number of hydrogen-bond donors (Lipinski definition) is 1. The van der Waals surface area contributed by atoms with Crippen molar-refractivity contribution in [2.45, 2.75) is 25.0 Å². The molecular formula is C14H16N2O3. The number of nitrogens with zero attached hydrogens (tertiary/aromatic N) is 1. The normalized spacial score (nSPS) is 25.1. The Hall–Kier alpha value is -2.04. The van der Waals surface area contributed by atoms with Gasteiger partial charge in [-0.1, -0.05) is 30.3 Å². The number of hydrogen-bond acceptors (Lipinski definition) is 3. The lowest BCUT2D eigenvalue weighted by molar-refractivity contribution is -0.132. The molecule has 5 nitrogen and oxygen atoms in total. The number of carbonyl (C=O) groups is 2. The number of β-lactam (4-membered cyclic amide) rings is 1. The van der Waals surface area contributed by atoms with E-state index in [9.17, 15) is 9.59 Å². The number of ether oxygens (including phenoxy) is 1. The minimum atomic E-state index is -0.304.